The second-order valence-electron chi connectivity index (χ2n) is 13.9. The Hall–Kier alpha value is -6.75. The Morgan fingerprint density at radius 3 is 1.25 bits per heavy atom. The lowest BCUT2D eigenvalue weighted by molar-refractivity contribution is -0.138. The zero-order chi connectivity index (χ0) is 42.1. The summed E-state index contributed by atoms with van der Waals surface area (Å²) in [5.74, 6) is -1.87. The van der Waals surface area contributed by atoms with Crippen molar-refractivity contribution in [2.24, 2.45) is 0 Å². The number of rotatable bonds is 12. The number of methoxy groups -OCH3 is 2. The molecule has 2 aliphatic heterocycles. The van der Waals surface area contributed by atoms with E-state index in [9.17, 15) is 37.2 Å². The minimum absolute atomic E-state index is 0.0433. The number of ether oxygens (including phenoxy) is 2. The summed E-state index contributed by atoms with van der Waals surface area (Å²) in [5, 5.41) is 10.7. The van der Waals surface area contributed by atoms with Crippen molar-refractivity contribution >= 4 is 57.0 Å². The Labute approximate surface area is 341 Å². The van der Waals surface area contributed by atoms with Crippen LogP contribution < -0.4 is 21.3 Å². The number of benzene rings is 4. The summed E-state index contributed by atoms with van der Waals surface area (Å²) in [5.41, 5.74) is 1.68. The van der Waals surface area contributed by atoms with Crippen molar-refractivity contribution in [3.05, 3.63) is 120 Å². The molecule has 2 saturated heterocycles. The van der Waals surface area contributed by atoms with Crippen LogP contribution in [0.1, 0.15) is 48.9 Å². The zero-order valence-corrected chi connectivity index (χ0v) is 33.1. The molecule has 0 aromatic heterocycles. The first-order valence-corrected chi connectivity index (χ1v) is 20.4. The molecule has 4 aromatic carbocycles. The van der Waals surface area contributed by atoms with Gasteiger partial charge in [-0.3, -0.25) is 19.2 Å². The van der Waals surface area contributed by atoms with Crippen molar-refractivity contribution < 1.29 is 46.7 Å². The number of nitrogens with zero attached hydrogens (tertiary/aromatic N) is 2. The molecule has 2 heterocycles. The normalized spacial score (nSPS) is 17.3. The molecular formula is C42H44N6O10S. The van der Waals surface area contributed by atoms with Crippen LogP contribution in [0.25, 0.3) is 0 Å². The maximum absolute atomic E-state index is 13.7. The van der Waals surface area contributed by atoms with Gasteiger partial charge in [-0.25, -0.2) is 18.0 Å². The lowest BCUT2D eigenvalue weighted by atomic mass is 10.0. The Morgan fingerprint density at radius 2 is 0.915 bits per heavy atom. The molecule has 6 rings (SSSR count). The second kappa shape index (κ2) is 18.7. The van der Waals surface area contributed by atoms with Gasteiger partial charge in [0.05, 0.1) is 24.0 Å². The molecule has 308 valence electrons. The fourth-order valence-corrected chi connectivity index (χ4v) is 8.44. The lowest BCUT2D eigenvalue weighted by Gasteiger charge is -2.28. The molecule has 4 atom stereocenters. The van der Waals surface area contributed by atoms with Gasteiger partial charge in [0.2, 0.25) is 21.7 Å². The minimum Gasteiger partial charge on any atom is -0.453 e. The van der Waals surface area contributed by atoms with Crippen molar-refractivity contribution in [1.82, 2.24) is 20.4 Å². The molecule has 2 aliphatic rings. The van der Waals surface area contributed by atoms with Crippen molar-refractivity contribution in [2.75, 3.05) is 37.9 Å². The number of amides is 6. The molecule has 4 aromatic rings. The SMILES string of the molecule is COC(=O)N[C@@H](C(=O)N1CCC[C@H]1C(=O)Nc1ccc(S(=O)(=O)c2ccc(NC(=O)[C@@H]3CCCN3C(=O)[C@H](NC(=O)OC)c3ccccc3)cc2)cc1)c1ccccc1. The summed E-state index contributed by atoms with van der Waals surface area (Å²) in [7, 11) is -1.63. The smallest absolute Gasteiger partial charge is 0.407 e. The van der Waals surface area contributed by atoms with E-state index in [-0.39, 0.29) is 9.79 Å². The molecule has 2 fully saturated rings. The molecule has 0 saturated carbocycles. The highest BCUT2D eigenvalue weighted by Crippen LogP contribution is 2.29. The Morgan fingerprint density at radius 1 is 0.559 bits per heavy atom. The van der Waals surface area contributed by atoms with Crippen molar-refractivity contribution in [3.8, 4) is 0 Å². The third-order valence-corrected chi connectivity index (χ3v) is 12.0. The Balaban J connectivity index is 1.08. The highest BCUT2D eigenvalue weighted by molar-refractivity contribution is 7.91. The highest BCUT2D eigenvalue weighted by Gasteiger charge is 2.40. The van der Waals surface area contributed by atoms with Gasteiger partial charge in [0, 0.05) is 24.5 Å². The van der Waals surface area contributed by atoms with Gasteiger partial charge in [-0.2, -0.15) is 0 Å². The maximum Gasteiger partial charge on any atom is 0.407 e. The van der Waals surface area contributed by atoms with E-state index < -0.39 is 69.8 Å². The number of carbonyl (C=O) groups is 6. The molecule has 4 N–H and O–H groups in total. The van der Waals surface area contributed by atoms with Gasteiger partial charge in [-0.15, -0.1) is 0 Å². The topological polar surface area (TPSA) is 210 Å². The predicted octanol–water partition coefficient (Wildman–Crippen LogP) is 4.57. The van der Waals surface area contributed by atoms with Gasteiger partial charge in [-0.1, -0.05) is 60.7 Å². The fourth-order valence-electron chi connectivity index (χ4n) is 7.18. The molecule has 0 spiro atoms. The summed E-state index contributed by atoms with van der Waals surface area (Å²) in [4.78, 5) is 81.2. The van der Waals surface area contributed by atoms with Gasteiger partial charge in [0.15, 0.2) is 0 Å². The third-order valence-electron chi connectivity index (χ3n) is 10.2. The molecule has 0 aliphatic carbocycles. The van der Waals surface area contributed by atoms with Crippen LogP contribution in [-0.2, 0) is 38.5 Å². The summed E-state index contributed by atoms with van der Waals surface area (Å²) in [6, 6.07) is 24.7. The summed E-state index contributed by atoms with van der Waals surface area (Å²) in [6.45, 7) is 0.597. The molecule has 6 amide bonds. The summed E-state index contributed by atoms with van der Waals surface area (Å²) in [6.07, 6.45) is 0.315. The first-order chi connectivity index (χ1) is 28.4. The predicted molar refractivity (Wildman–Crippen MR) is 215 cm³/mol. The van der Waals surface area contributed by atoms with Crippen LogP contribution in [-0.4, -0.2) is 93.4 Å². The highest BCUT2D eigenvalue weighted by atomic mass is 32.2. The summed E-state index contributed by atoms with van der Waals surface area (Å²) < 4.78 is 36.6. The Kier molecular flexibility index (Phi) is 13.3. The van der Waals surface area contributed by atoms with E-state index in [0.29, 0.717) is 61.3 Å². The molecular weight excluding hydrogens is 781 g/mol. The molecule has 16 nitrogen and oxygen atoms in total. The van der Waals surface area contributed by atoms with E-state index in [1.807, 2.05) is 0 Å². The molecule has 0 bridgehead atoms. The van der Waals surface area contributed by atoms with Crippen LogP contribution in [0.2, 0.25) is 0 Å². The van der Waals surface area contributed by atoms with E-state index in [1.165, 1.54) is 72.6 Å². The van der Waals surface area contributed by atoms with E-state index in [4.69, 9.17) is 9.47 Å². The number of carbonyl (C=O) groups excluding carboxylic acids is 6. The fraction of sp³-hybridized carbons (Fsp3) is 0.286. The molecule has 59 heavy (non-hydrogen) atoms. The number of likely N-dealkylation sites (tertiary alicyclic amines) is 2. The van der Waals surface area contributed by atoms with Crippen LogP contribution in [0.15, 0.2) is 119 Å². The number of anilines is 2. The number of nitrogens with one attached hydrogen (secondary N) is 4. The number of sulfone groups is 1. The molecule has 0 radical (unpaired) electrons. The van der Waals surface area contributed by atoms with E-state index in [0.717, 1.165) is 0 Å². The van der Waals surface area contributed by atoms with Crippen LogP contribution in [0.5, 0.6) is 0 Å². The first-order valence-electron chi connectivity index (χ1n) is 18.9. The van der Waals surface area contributed by atoms with Crippen molar-refractivity contribution in [3.63, 3.8) is 0 Å². The zero-order valence-electron chi connectivity index (χ0n) is 32.3. The second-order valence-corrected chi connectivity index (χ2v) is 15.8. The summed E-state index contributed by atoms with van der Waals surface area (Å²) >= 11 is 0. The number of hydrogen-bond donors (Lipinski definition) is 4. The van der Waals surface area contributed by atoms with Crippen LogP contribution in [0.3, 0.4) is 0 Å². The van der Waals surface area contributed by atoms with Gasteiger partial charge in [0.25, 0.3) is 11.8 Å². The van der Waals surface area contributed by atoms with Gasteiger partial charge < -0.3 is 40.5 Å². The third kappa shape index (κ3) is 9.69. The molecule has 17 heteroatoms. The van der Waals surface area contributed by atoms with Crippen molar-refractivity contribution in [2.45, 2.75) is 59.6 Å². The van der Waals surface area contributed by atoms with E-state index in [1.54, 1.807) is 60.7 Å². The lowest BCUT2D eigenvalue weighted by Crippen LogP contribution is -2.48. The van der Waals surface area contributed by atoms with Crippen LogP contribution in [0.4, 0.5) is 21.0 Å². The van der Waals surface area contributed by atoms with Gasteiger partial charge in [-0.05, 0) is 85.3 Å². The van der Waals surface area contributed by atoms with Gasteiger partial charge in [0.1, 0.15) is 24.2 Å². The average molecular weight is 825 g/mol. The number of hydrogen-bond acceptors (Lipinski definition) is 10. The van der Waals surface area contributed by atoms with E-state index >= 15 is 0 Å². The van der Waals surface area contributed by atoms with Crippen LogP contribution >= 0.6 is 0 Å². The quantitative estimate of drug-likeness (QED) is 0.156. The van der Waals surface area contributed by atoms with E-state index in [2.05, 4.69) is 21.3 Å². The Bertz CT molecular complexity index is 2120. The monoisotopic (exact) mass is 824 g/mol. The van der Waals surface area contributed by atoms with Crippen LogP contribution in [0, 0.1) is 0 Å². The van der Waals surface area contributed by atoms with Gasteiger partial charge >= 0.3 is 12.2 Å². The minimum atomic E-state index is -4.02. The maximum atomic E-state index is 13.7. The standard InChI is InChI=1S/C42H44N6O10S/c1-57-41(53)45-35(27-11-5-3-6-12-27)39(51)47-25-9-15-33(47)37(49)43-29-17-21-31(22-18-29)59(55,56)32-23-19-30(20-24-32)44-38(50)34-16-10-26-48(34)40(52)36(46-42(54)58-2)28-13-7-4-8-14-28/h3-8,11-14,17-24,33-36H,9-10,15-16,25-26H2,1-2H3,(H,43,49)(H,44,50)(H,45,53)(H,46,54)/t33-,34-,35+,36+/m0/s1. The number of alkyl carbamates (subject to hydrolysis) is 2. The average Bonchev–Trinajstić information content (AvgIpc) is 3.97. The van der Waals surface area contributed by atoms with Crippen molar-refractivity contribution in [1.29, 1.82) is 0 Å². The molecule has 0 unspecified atom stereocenters. The first kappa shape index (κ1) is 41.9. The largest absolute Gasteiger partial charge is 0.453 e.